The lowest BCUT2D eigenvalue weighted by Gasteiger charge is -2.23. The van der Waals surface area contributed by atoms with Gasteiger partial charge in [0.15, 0.2) is 0 Å². The van der Waals surface area contributed by atoms with E-state index in [4.69, 9.17) is 4.74 Å². The molecule has 3 nitrogen and oxygen atoms in total. The normalized spacial score (nSPS) is 28.2. The second-order valence-electron chi connectivity index (χ2n) is 6.65. The molecule has 0 amide bonds. The van der Waals surface area contributed by atoms with E-state index in [1.807, 2.05) is 0 Å². The van der Waals surface area contributed by atoms with Crippen LogP contribution in [-0.2, 0) is 4.74 Å². The van der Waals surface area contributed by atoms with Gasteiger partial charge < -0.3 is 15.4 Å². The second-order valence-corrected chi connectivity index (χ2v) is 6.65. The summed E-state index contributed by atoms with van der Waals surface area (Å²) in [7, 11) is 0. The molecule has 1 aliphatic carbocycles. The molecule has 0 aromatic heterocycles. The van der Waals surface area contributed by atoms with E-state index in [1.165, 1.54) is 12.8 Å². The maximum absolute atomic E-state index is 5.89. The summed E-state index contributed by atoms with van der Waals surface area (Å²) >= 11 is 0. The van der Waals surface area contributed by atoms with Gasteiger partial charge in [-0.2, -0.15) is 0 Å². The van der Waals surface area contributed by atoms with Gasteiger partial charge in [0.25, 0.3) is 0 Å². The number of piperidine rings is 1. The molecule has 1 saturated carbocycles. The fourth-order valence-electron chi connectivity index (χ4n) is 3.10. The Bertz CT molecular complexity index is 243. The molecule has 1 aliphatic heterocycles. The molecule has 100 valence electrons. The molecule has 2 rings (SSSR count). The summed E-state index contributed by atoms with van der Waals surface area (Å²) in [4.78, 5) is 0. The van der Waals surface area contributed by atoms with Crippen molar-refractivity contribution in [3.63, 3.8) is 0 Å². The quantitative estimate of drug-likeness (QED) is 0.719. The molecule has 2 fully saturated rings. The van der Waals surface area contributed by atoms with Gasteiger partial charge in [0.1, 0.15) is 0 Å². The van der Waals surface area contributed by atoms with Crippen LogP contribution < -0.4 is 10.6 Å². The average Bonchev–Trinajstić information content (AvgIpc) is 2.67. The van der Waals surface area contributed by atoms with Crippen molar-refractivity contribution < 1.29 is 4.74 Å². The van der Waals surface area contributed by atoms with E-state index in [1.54, 1.807) is 0 Å². The number of ether oxygens (including phenoxy) is 1. The largest absolute Gasteiger partial charge is 0.377 e. The first-order valence-corrected chi connectivity index (χ1v) is 7.02. The first-order chi connectivity index (χ1) is 7.96. The number of nitrogens with one attached hydrogen (secondary N) is 2. The van der Waals surface area contributed by atoms with Crippen molar-refractivity contribution in [2.75, 3.05) is 26.2 Å². The first kappa shape index (κ1) is 13.3. The highest BCUT2D eigenvalue weighted by Gasteiger charge is 2.64. The van der Waals surface area contributed by atoms with Crippen LogP contribution in [0, 0.1) is 10.8 Å². The number of rotatable bonds is 5. The van der Waals surface area contributed by atoms with Gasteiger partial charge in [0, 0.05) is 12.6 Å². The summed E-state index contributed by atoms with van der Waals surface area (Å²) in [5.41, 5.74) is 0.865. The van der Waals surface area contributed by atoms with Crippen molar-refractivity contribution in [3.05, 3.63) is 0 Å². The molecule has 0 bridgehead atoms. The van der Waals surface area contributed by atoms with Gasteiger partial charge in [-0.25, -0.2) is 0 Å². The third kappa shape index (κ3) is 2.67. The lowest BCUT2D eigenvalue weighted by molar-refractivity contribution is 0.0343. The van der Waals surface area contributed by atoms with Gasteiger partial charge in [0.05, 0.1) is 12.7 Å². The molecule has 1 heterocycles. The molecule has 0 atom stereocenters. The van der Waals surface area contributed by atoms with Crippen molar-refractivity contribution in [2.24, 2.45) is 10.8 Å². The molecule has 3 heteroatoms. The summed E-state index contributed by atoms with van der Waals surface area (Å²) in [6.45, 7) is 13.4. The van der Waals surface area contributed by atoms with E-state index in [-0.39, 0.29) is 0 Å². The maximum Gasteiger partial charge on any atom is 0.0600 e. The fraction of sp³-hybridized carbons (Fsp3) is 1.00. The topological polar surface area (TPSA) is 33.3 Å². The van der Waals surface area contributed by atoms with Crippen LogP contribution in [0.25, 0.3) is 0 Å². The van der Waals surface area contributed by atoms with Crippen molar-refractivity contribution >= 4 is 0 Å². The van der Waals surface area contributed by atoms with E-state index in [0.29, 0.717) is 23.0 Å². The van der Waals surface area contributed by atoms with E-state index in [9.17, 15) is 0 Å². The third-order valence-corrected chi connectivity index (χ3v) is 5.11. The molecular formula is C14H28N2O. The molecule has 1 saturated heterocycles. The minimum atomic E-state index is 0.432. The van der Waals surface area contributed by atoms with E-state index in [2.05, 4.69) is 38.3 Å². The summed E-state index contributed by atoms with van der Waals surface area (Å²) in [6, 6.07) is 0.645. The Kier molecular flexibility index (Phi) is 3.81. The zero-order valence-electron chi connectivity index (χ0n) is 11.8. The van der Waals surface area contributed by atoms with Crippen molar-refractivity contribution in [3.8, 4) is 0 Å². The van der Waals surface area contributed by atoms with Crippen LogP contribution in [0.5, 0.6) is 0 Å². The lowest BCUT2D eigenvalue weighted by Crippen LogP contribution is -2.34. The van der Waals surface area contributed by atoms with Gasteiger partial charge in [-0.1, -0.05) is 27.7 Å². The molecule has 0 radical (unpaired) electrons. The number of hydrogen-bond donors (Lipinski definition) is 2. The minimum Gasteiger partial charge on any atom is -0.377 e. The summed E-state index contributed by atoms with van der Waals surface area (Å²) < 4.78 is 5.89. The molecule has 0 spiro atoms. The first-order valence-electron chi connectivity index (χ1n) is 7.02. The summed E-state index contributed by atoms with van der Waals surface area (Å²) in [5.74, 6) is 0. The van der Waals surface area contributed by atoms with E-state index in [0.717, 1.165) is 26.2 Å². The standard InChI is InChI=1S/C14H28N2O/c1-13(2)12(14(13,3)4)16-9-10-17-11-5-7-15-8-6-11/h11-12,15-16H,5-10H2,1-4H3. The highest BCUT2D eigenvalue weighted by Crippen LogP contribution is 2.62. The van der Waals surface area contributed by atoms with Crippen LogP contribution in [0.3, 0.4) is 0 Å². The smallest absolute Gasteiger partial charge is 0.0600 e. The van der Waals surface area contributed by atoms with Crippen molar-refractivity contribution in [1.82, 2.24) is 10.6 Å². The minimum absolute atomic E-state index is 0.432. The number of hydrogen-bond acceptors (Lipinski definition) is 3. The van der Waals surface area contributed by atoms with E-state index < -0.39 is 0 Å². The Balaban J connectivity index is 1.58. The Morgan fingerprint density at radius 1 is 1.12 bits per heavy atom. The Hall–Kier alpha value is -0.120. The van der Waals surface area contributed by atoms with Crippen LogP contribution in [0.15, 0.2) is 0 Å². The Morgan fingerprint density at radius 3 is 2.24 bits per heavy atom. The predicted molar refractivity (Wildman–Crippen MR) is 71.2 cm³/mol. The van der Waals surface area contributed by atoms with Gasteiger partial charge in [-0.05, 0) is 36.8 Å². The SMILES string of the molecule is CC1(C)C(NCCOC2CCNCC2)C1(C)C. The molecule has 0 aromatic carbocycles. The van der Waals surface area contributed by atoms with E-state index >= 15 is 0 Å². The predicted octanol–water partition coefficient (Wildman–Crippen LogP) is 1.78. The molecule has 17 heavy (non-hydrogen) atoms. The van der Waals surface area contributed by atoms with Gasteiger partial charge in [-0.3, -0.25) is 0 Å². The van der Waals surface area contributed by atoms with Gasteiger partial charge in [0.2, 0.25) is 0 Å². The van der Waals surface area contributed by atoms with Crippen LogP contribution in [-0.4, -0.2) is 38.4 Å². The molecule has 2 aliphatic rings. The van der Waals surface area contributed by atoms with Crippen LogP contribution >= 0.6 is 0 Å². The molecular weight excluding hydrogens is 212 g/mol. The molecule has 2 N–H and O–H groups in total. The van der Waals surface area contributed by atoms with Gasteiger partial charge >= 0.3 is 0 Å². The Morgan fingerprint density at radius 2 is 1.71 bits per heavy atom. The zero-order chi connectivity index (χ0) is 12.5. The monoisotopic (exact) mass is 240 g/mol. The van der Waals surface area contributed by atoms with Crippen LogP contribution in [0.1, 0.15) is 40.5 Å². The zero-order valence-corrected chi connectivity index (χ0v) is 11.8. The summed E-state index contributed by atoms with van der Waals surface area (Å²) in [5, 5.41) is 7.00. The average molecular weight is 240 g/mol. The van der Waals surface area contributed by atoms with Gasteiger partial charge in [-0.15, -0.1) is 0 Å². The fourth-order valence-corrected chi connectivity index (χ4v) is 3.10. The molecule has 0 unspecified atom stereocenters. The van der Waals surface area contributed by atoms with Crippen molar-refractivity contribution in [1.29, 1.82) is 0 Å². The lowest BCUT2D eigenvalue weighted by atomic mass is 10.0. The highest BCUT2D eigenvalue weighted by molar-refractivity contribution is 5.17. The maximum atomic E-state index is 5.89. The Labute approximate surface area is 106 Å². The third-order valence-electron chi connectivity index (χ3n) is 5.11. The molecule has 0 aromatic rings. The second kappa shape index (κ2) is 4.87. The highest BCUT2D eigenvalue weighted by atomic mass is 16.5. The van der Waals surface area contributed by atoms with Crippen molar-refractivity contribution in [2.45, 2.75) is 52.7 Å². The van der Waals surface area contributed by atoms with Crippen LogP contribution in [0.2, 0.25) is 0 Å². The summed E-state index contributed by atoms with van der Waals surface area (Å²) in [6.07, 6.45) is 2.82. The van der Waals surface area contributed by atoms with Crippen LogP contribution in [0.4, 0.5) is 0 Å².